The first kappa shape index (κ1) is 44.1. The number of likely N-dealkylation sites (tertiary alicyclic amines) is 2. The van der Waals surface area contributed by atoms with E-state index in [4.69, 9.17) is 19.4 Å². The summed E-state index contributed by atoms with van der Waals surface area (Å²) in [6.45, 7) is 9.08. The third-order valence-corrected chi connectivity index (χ3v) is 12.3. The summed E-state index contributed by atoms with van der Waals surface area (Å²) in [6, 6.07) is 27.5. The van der Waals surface area contributed by atoms with Crippen molar-refractivity contribution in [2.75, 3.05) is 34.4 Å². The summed E-state index contributed by atoms with van der Waals surface area (Å²) in [5.41, 5.74) is 7.04. The van der Waals surface area contributed by atoms with Crippen molar-refractivity contribution in [3.05, 3.63) is 133 Å². The molecule has 2 fully saturated rings. The highest BCUT2D eigenvalue weighted by atomic mass is 16.5. The Kier molecular flexibility index (Phi) is 12.9. The Balaban J connectivity index is 0.979. The molecule has 15 nitrogen and oxygen atoms in total. The highest BCUT2D eigenvalue weighted by molar-refractivity contribution is 5.91. The van der Waals surface area contributed by atoms with Crippen LogP contribution in [-0.2, 0) is 19.1 Å². The van der Waals surface area contributed by atoms with Crippen LogP contribution in [0.5, 0.6) is 0 Å². The second-order valence-corrected chi connectivity index (χ2v) is 16.7. The average Bonchev–Trinajstić information content (AvgIpc) is 4.17. The summed E-state index contributed by atoms with van der Waals surface area (Å²) >= 11 is 0. The number of amides is 4. The van der Waals surface area contributed by atoms with E-state index < -0.39 is 30.3 Å². The van der Waals surface area contributed by atoms with Crippen molar-refractivity contribution >= 4 is 41.0 Å². The van der Waals surface area contributed by atoms with Gasteiger partial charge in [0.05, 0.1) is 44.0 Å². The van der Waals surface area contributed by atoms with Gasteiger partial charge in [0.1, 0.15) is 29.8 Å². The fourth-order valence-corrected chi connectivity index (χ4v) is 8.88. The largest absolute Gasteiger partial charge is 0.453 e. The van der Waals surface area contributed by atoms with E-state index in [0.717, 1.165) is 68.7 Å². The van der Waals surface area contributed by atoms with Crippen molar-refractivity contribution < 1.29 is 28.7 Å². The van der Waals surface area contributed by atoms with Gasteiger partial charge in [0.2, 0.25) is 5.91 Å². The molecule has 8 rings (SSSR count). The topological polar surface area (TPSA) is 187 Å². The van der Waals surface area contributed by atoms with E-state index in [9.17, 15) is 19.2 Å². The monoisotopic (exact) mass is 875 g/mol. The van der Waals surface area contributed by atoms with Crippen LogP contribution in [0.2, 0.25) is 0 Å². The number of benzene rings is 4. The third kappa shape index (κ3) is 9.12. The van der Waals surface area contributed by atoms with Crippen LogP contribution in [0.3, 0.4) is 0 Å². The maximum absolute atomic E-state index is 14.4. The number of nitrogens with zero attached hydrogens (tertiary/aromatic N) is 5. The van der Waals surface area contributed by atoms with E-state index in [1.54, 1.807) is 42.7 Å². The Morgan fingerprint density at radius 2 is 1.37 bits per heavy atom. The fraction of sp³-hybridized carbons (Fsp3) is 0.300. The lowest BCUT2D eigenvalue weighted by Crippen LogP contribution is -2.51. The molecule has 0 saturated carbocycles. The molecule has 2 aliphatic heterocycles. The fourth-order valence-electron chi connectivity index (χ4n) is 8.88. The number of aromatic amines is 2. The summed E-state index contributed by atoms with van der Waals surface area (Å²) in [5.74, 6) is 0.480. The Hall–Kier alpha value is -7.55. The van der Waals surface area contributed by atoms with Crippen molar-refractivity contribution in [2.45, 2.75) is 50.9 Å². The van der Waals surface area contributed by atoms with Gasteiger partial charge < -0.3 is 44.9 Å². The number of hydrogen-bond acceptors (Lipinski definition) is 9. The minimum absolute atomic E-state index is 0.114. The molecule has 2 aromatic heterocycles. The first-order valence-corrected chi connectivity index (χ1v) is 21.7. The minimum atomic E-state index is -0.991. The second-order valence-electron chi connectivity index (χ2n) is 16.7. The predicted octanol–water partition coefficient (Wildman–Crippen LogP) is 8.18. The van der Waals surface area contributed by atoms with Crippen LogP contribution in [0.25, 0.3) is 44.4 Å². The number of H-pyrrole nitrogens is 2. The average molecular weight is 876 g/mol. The zero-order chi connectivity index (χ0) is 45.8. The summed E-state index contributed by atoms with van der Waals surface area (Å²) in [5, 5.41) is 7.53. The molecule has 6 aromatic rings. The molecule has 2 saturated heterocycles. The van der Waals surface area contributed by atoms with E-state index in [-0.39, 0.29) is 29.7 Å². The van der Waals surface area contributed by atoms with E-state index >= 15 is 0 Å². The van der Waals surface area contributed by atoms with E-state index in [1.807, 2.05) is 43.0 Å². The van der Waals surface area contributed by atoms with Gasteiger partial charge in [-0.3, -0.25) is 9.59 Å². The lowest BCUT2D eigenvalue weighted by atomic mass is 9.98. The molecule has 0 bridgehead atoms. The van der Waals surface area contributed by atoms with Gasteiger partial charge >= 0.3 is 12.2 Å². The zero-order valence-electron chi connectivity index (χ0n) is 37.1. The van der Waals surface area contributed by atoms with Crippen LogP contribution in [0.1, 0.15) is 62.0 Å². The smallest absolute Gasteiger partial charge is 0.407 e. The van der Waals surface area contributed by atoms with Crippen LogP contribution in [-0.4, -0.2) is 100 Å². The molecule has 65 heavy (non-hydrogen) atoms. The van der Waals surface area contributed by atoms with E-state index in [2.05, 4.69) is 86.8 Å². The van der Waals surface area contributed by atoms with Crippen molar-refractivity contribution in [2.24, 2.45) is 16.8 Å². The molecule has 334 valence electrons. The molecule has 15 heteroatoms. The standard InChI is InChI=1S/C50H53N9O6/c1-29(2)42(56-49(62)64-5)47(60)58-22-10-13-41(58)45-52-26-39(54-45)32-16-14-31(15-17-32)34-18-19-36-24-37(21-20-35(36)23-34)40-27-53-46(55-40)44-30(3)38(25-51-4)28-59(44)48(61)43(57-50(63)65-6)33-11-8-7-9-12-33/h7-9,11-12,14-21,23-27,29,38,41-44H,3,10,13,22,28H2,1-2,4-6H3,(H,52,54)(H,53,55)(H,56,62)(H,57,63)/b51-25-/t38-,41+,42+,43-,44+/m1/s1. The minimum Gasteiger partial charge on any atom is -0.453 e. The lowest BCUT2D eigenvalue weighted by Gasteiger charge is -2.30. The van der Waals surface area contributed by atoms with E-state index in [0.29, 0.717) is 24.5 Å². The summed E-state index contributed by atoms with van der Waals surface area (Å²) in [7, 11) is 4.24. The highest BCUT2D eigenvalue weighted by Crippen LogP contribution is 2.40. The van der Waals surface area contributed by atoms with Crippen LogP contribution in [0.15, 0.2) is 121 Å². The molecule has 0 aliphatic carbocycles. The molecular formula is C50H53N9O6. The number of alkyl carbamates (subject to hydrolysis) is 2. The number of aliphatic imine (C=N–C) groups is 1. The van der Waals surface area contributed by atoms with Gasteiger partial charge in [-0.25, -0.2) is 19.6 Å². The summed E-state index contributed by atoms with van der Waals surface area (Å²) in [6.07, 6.45) is 5.62. The predicted molar refractivity (Wildman–Crippen MR) is 249 cm³/mol. The molecule has 0 radical (unpaired) electrons. The number of rotatable bonds is 12. The zero-order valence-corrected chi connectivity index (χ0v) is 37.1. The van der Waals surface area contributed by atoms with Gasteiger partial charge in [-0.1, -0.05) is 99.3 Å². The second kappa shape index (κ2) is 19.1. The molecule has 0 spiro atoms. The Labute approximate surface area is 377 Å². The van der Waals surface area contributed by atoms with Crippen LogP contribution < -0.4 is 10.6 Å². The third-order valence-electron chi connectivity index (χ3n) is 12.3. The normalized spacial score (nSPS) is 18.3. The van der Waals surface area contributed by atoms with Crippen LogP contribution in [0.4, 0.5) is 9.59 Å². The van der Waals surface area contributed by atoms with Gasteiger partial charge in [0.25, 0.3) is 5.91 Å². The van der Waals surface area contributed by atoms with Crippen LogP contribution >= 0.6 is 0 Å². The first-order chi connectivity index (χ1) is 31.5. The first-order valence-electron chi connectivity index (χ1n) is 21.7. The molecule has 0 unspecified atom stereocenters. The number of fused-ring (bicyclic) bond motifs is 1. The maximum Gasteiger partial charge on any atom is 0.407 e. The Morgan fingerprint density at radius 3 is 2.05 bits per heavy atom. The lowest BCUT2D eigenvalue weighted by molar-refractivity contribution is -0.135. The Morgan fingerprint density at radius 1 is 0.769 bits per heavy atom. The van der Waals surface area contributed by atoms with Gasteiger partial charge in [0, 0.05) is 37.8 Å². The Bertz CT molecular complexity index is 2740. The number of nitrogens with one attached hydrogen (secondary N) is 4. The number of ether oxygens (including phenoxy) is 2. The quantitative estimate of drug-likeness (QED) is 0.0700. The number of methoxy groups -OCH3 is 2. The maximum atomic E-state index is 14.4. The van der Waals surface area contributed by atoms with Gasteiger partial charge in [-0.05, 0) is 69.5 Å². The van der Waals surface area contributed by atoms with E-state index in [1.165, 1.54) is 14.2 Å². The van der Waals surface area contributed by atoms with Crippen LogP contribution in [0, 0.1) is 11.8 Å². The van der Waals surface area contributed by atoms with Crippen molar-refractivity contribution in [3.8, 4) is 33.6 Å². The molecule has 2 aliphatic rings. The number of carbonyl (C=O) groups is 4. The van der Waals surface area contributed by atoms with Crippen molar-refractivity contribution in [1.29, 1.82) is 0 Å². The molecule has 5 atom stereocenters. The SMILES string of the molecule is C=C1[C@H](/C=N\C)CN(C(=O)[C@H](NC(=O)OC)c2ccccc2)[C@@H]1c1ncc(-c2ccc3cc(-c4ccc(-c5cnc([C@@H]6CCCN6C(=O)[C@@H](NC(=O)OC)C(C)C)[nH]5)cc4)ccc3c2)[nH]1. The molecule has 4 aromatic carbocycles. The van der Waals surface area contributed by atoms with Crippen molar-refractivity contribution in [1.82, 2.24) is 40.4 Å². The number of aromatic nitrogens is 4. The molecule has 4 heterocycles. The number of hydrogen-bond donors (Lipinski definition) is 4. The molecule has 4 N–H and O–H groups in total. The van der Waals surface area contributed by atoms with Gasteiger partial charge in [-0.2, -0.15) is 0 Å². The summed E-state index contributed by atoms with van der Waals surface area (Å²) in [4.78, 5) is 76.5. The number of carbonyl (C=O) groups excluding carboxylic acids is 4. The van der Waals surface area contributed by atoms with Crippen molar-refractivity contribution in [3.63, 3.8) is 0 Å². The number of imidazole rings is 2. The highest BCUT2D eigenvalue weighted by Gasteiger charge is 2.43. The van der Waals surface area contributed by atoms with Gasteiger partial charge in [0.15, 0.2) is 0 Å². The molecular weight excluding hydrogens is 823 g/mol. The molecule has 4 amide bonds. The summed E-state index contributed by atoms with van der Waals surface area (Å²) < 4.78 is 9.65. The van der Waals surface area contributed by atoms with Gasteiger partial charge in [-0.15, -0.1) is 0 Å².